The number of carbonyl (C=O) groups is 1. The molecule has 0 unspecified atom stereocenters. The second kappa shape index (κ2) is 5.80. The SMILES string of the molecule is CC(C)c1c(C=O)nnn1Cc1ccc(C(C)(C)C)cc1. The molecule has 0 aliphatic carbocycles. The van der Waals surface area contributed by atoms with Crippen molar-refractivity contribution < 1.29 is 4.79 Å². The molecule has 0 bridgehead atoms. The number of aldehydes is 1. The van der Waals surface area contributed by atoms with Crippen LogP contribution in [0.3, 0.4) is 0 Å². The summed E-state index contributed by atoms with van der Waals surface area (Å²) in [7, 11) is 0. The van der Waals surface area contributed by atoms with Gasteiger partial charge in [-0.3, -0.25) is 4.79 Å². The number of rotatable bonds is 4. The van der Waals surface area contributed by atoms with Crippen LogP contribution in [0.15, 0.2) is 24.3 Å². The Bertz CT molecular complexity index is 618. The third-order valence-corrected chi connectivity index (χ3v) is 3.61. The van der Waals surface area contributed by atoms with E-state index in [0.717, 1.165) is 17.5 Å². The standard InChI is InChI=1S/C17H23N3O/c1-12(2)16-15(11-21)18-19-20(16)10-13-6-8-14(9-7-13)17(3,4)5/h6-9,11-12H,10H2,1-5H3. The molecule has 21 heavy (non-hydrogen) atoms. The third-order valence-electron chi connectivity index (χ3n) is 3.61. The maximum atomic E-state index is 11.0. The van der Waals surface area contributed by atoms with E-state index in [9.17, 15) is 4.79 Å². The van der Waals surface area contributed by atoms with Gasteiger partial charge in [-0.15, -0.1) is 5.10 Å². The van der Waals surface area contributed by atoms with Gasteiger partial charge in [-0.1, -0.05) is 64.1 Å². The van der Waals surface area contributed by atoms with Crippen LogP contribution in [0, 0.1) is 0 Å². The zero-order chi connectivity index (χ0) is 15.6. The van der Waals surface area contributed by atoms with Crippen molar-refractivity contribution in [3.63, 3.8) is 0 Å². The minimum absolute atomic E-state index is 0.152. The average molecular weight is 285 g/mol. The molecular formula is C17H23N3O. The first-order chi connectivity index (χ1) is 9.82. The van der Waals surface area contributed by atoms with Crippen LogP contribution in [0.4, 0.5) is 0 Å². The molecule has 112 valence electrons. The quantitative estimate of drug-likeness (QED) is 0.807. The highest BCUT2D eigenvalue weighted by molar-refractivity contribution is 5.73. The number of carbonyl (C=O) groups excluding carboxylic acids is 1. The summed E-state index contributed by atoms with van der Waals surface area (Å²) in [5.74, 6) is 0.217. The molecule has 2 aromatic rings. The van der Waals surface area contributed by atoms with E-state index in [1.165, 1.54) is 5.56 Å². The zero-order valence-electron chi connectivity index (χ0n) is 13.4. The highest BCUT2D eigenvalue weighted by atomic mass is 16.1. The van der Waals surface area contributed by atoms with E-state index in [2.05, 4.69) is 55.3 Å². The molecule has 1 aromatic heterocycles. The van der Waals surface area contributed by atoms with Crippen LogP contribution < -0.4 is 0 Å². The Hall–Kier alpha value is -1.97. The maximum absolute atomic E-state index is 11.0. The molecule has 4 heteroatoms. The Morgan fingerprint density at radius 1 is 1.19 bits per heavy atom. The highest BCUT2D eigenvalue weighted by Crippen LogP contribution is 2.23. The van der Waals surface area contributed by atoms with Gasteiger partial charge < -0.3 is 0 Å². The molecule has 0 spiro atoms. The Labute approximate surface area is 126 Å². The van der Waals surface area contributed by atoms with E-state index in [0.29, 0.717) is 12.2 Å². The van der Waals surface area contributed by atoms with Crippen molar-refractivity contribution in [1.29, 1.82) is 0 Å². The predicted molar refractivity (Wildman–Crippen MR) is 83.7 cm³/mol. The van der Waals surface area contributed by atoms with E-state index in [1.54, 1.807) is 0 Å². The molecule has 0 aliphatic heterocycles. The normalized spacial score (nSPS) is 11.9. The van der Waals surface area contributed by atoms with Crippen LogP contribution in [0.1, 0.15) is 67.8 Å². The summed E-state index contributed by atoms with van der Waals surface area (Å²) in [4.78, 5) is 11.0. The van der Waals surface area contributed by atoms with Crippen molar-refractivity contribution in [3.05, 3.63) is 46.8 Å². The van der Waals surface area contributed by atoms with E-state index in [1.807, 2.05) is 18.5 Å². The fourth-order valence-corrected chi connectivity index (χ4v) is 2.41. The van der Waals surface area contributed by atoms with Crippen molar-refractivity contribution in [2.75, 3.05) is 0 Å². The Morgan fingerprint density at radius 2 is 1.81 bits per heavy atom. The predicted octanol–water partition coefficient (Wildman–Crippen LogP) is 3.56. The molecule has 0 amide bonds. The van der Waals surface area contributed by atoms with Gasteiger partial charge in [-0.25, -0.2) is 4.68 Å². The molecular weight excluding hydrogens is 262 g/mol. The summed E-state index contributed by atoms with van der Waals surface area (Å²) in [6.45, 7) is 11.3. The van der Waals surface area contributed by atoms with Crippen molar-refractivity contribution in [2.45, 2.75) is 52.5 Å². The Morgan fingerprint density at radius 3 is 2.29 bits per heavy atom. The number of aromatic nitrogens is 3. The monoisotopic (exact) mass is 285 g/mol. The fraction of sp³-hybridized carbons (Fsp3) is 0.471. The molecule has 0 aliphatic rings. The van der Waals surface area contributed by atoms with Gasteiger partial charge in [-0.05, 0) is 22.5 Å². The Balaban J connectivity index is 2.27. The van der Waals surface area contributed by atoms with E-state index in [4.69, 9.17) is 0 Å². The van der Waals surface area contributed by atoms with E-state index in [-0.39, 0.29) is 11.3 Å². The van der Waals surface area contributed by atoms with E-state index < -0.39 is 0 Å². The second-order valence-electron chi connectivity index (χ2n) is 6.74. The van der Waals surface area contributed by atoms with Gasteiger partial charge in [0.1, 0.15) is 5.69 Å². The van der Waals surface area contributed by atoms with Gasteiger partial charge in [0.15, 0.2) is 6.29 Å². The molecule has 1 heterocycles. The minimum Gasteiger partial charge on any atom is -0.296 e. The molecule has 0 N–H and O–H groups in total. The fourth-order valence-electron chi connectivity index (χ4n) is 2.41. The molecule has 0 fully saturated rings. The van der Waals surface area contributed by atoms with Crippen molar-refractivity contribution >= 4 is 6.29 Å². The smallest absolute Gasteiger partial charge is 0.172 e. The number of nitrogens with zero attached hydrogens (tertiary/aromatic N) is 3. The highest BCUT2D eigenvalue weighted by Gasteiger charge is 2.16. The number of hydrogen-bond donors (Lipinski definition) is 0. The lowest BCUT2D eigenvalue weighted by atomic mass is 9.87. The summed E-state index contributed by atoms with van der Waals surface area (Å²) in [6, 6.07) is 8.55. The molecule has 4 nitrogen and oxygen atoms in total. The van der Waals surface area contributed by atoms with Gasteiger partial charge in [0.05, 0.1) is 12.2 Å². The van der Waals surface area contributed by atoms with Crippen LogP contribution in [0.2, 0.25) is 0 Å². The first-order valence-corrected chi connectivity index (χ1v) is 7.31. The Kier molecular flexibility index (Phi) is 4.26. The minimum atomic E-state index is 0.152. The van der Waals surface area contributed by atoms with Gasteiger partial charge in [0, 0.05) is 0 Å². The summed E-state index contributed by atoms with van der Waals surface area (Å²) in [5, 5.41) is 8.06. The van der Waals surface area contributed by atoms with Gasteiger partial charge in [-0.2, -0.15) is 0 Å². The van der Waals surface area contributed by atoms with Crippen LogP contribution in [0.5, 0.6) is 0 Å². The molecule has 0 saturated heterocycles. The van der Waals surface area contributed by atoms with Crippen molar-refractivity contribution in [1.82, 2.24) is 15.0 Å². The lowest BCUT2D eigenvalue weighted by Gasteiger charge is -2.19. The van der Waals surface area contributed by atoms with Gasteiger partial charge >= 0.3 is 0 Å². The summed E-state index contributed by atoms with van der Waals surface area (Å²) < 4.78 is 1.82. The van der Waals surface area contributed by atoms with Crippen LogP contribution in [-0.4, -0.2) is 21.3 Å². The van der Waals surface area contributed by atoms with Crippen molar-refractivity contribution in [2.24, 2.45) is 0 Å². The van der Waals surface area contributed by atoms with Crippen LogP contribution in [0.25, 0.3) is 0 Å². The zero-order valence-corrected chi connectivity index (χ0v) is 13.4. The lowest BCUT2D eigenvalue weighted by Crippen LogP contribution is -2.12. The van der Waals surface area contributed by atoms with Crippen LogP contribution >= 0.6 is 0 Å². The topological polar surface area (TPSA) is 47.8 Å². The number of hydrogen-bond acceptors (Lipinski definition) is 3. The lowest BCUT2D eigenvalue weighted by molar-refractivity contribution is 0.111. The van der Waals surface area contributed by atoms with Gasteiger partial charge in [0.25, 0.3) is 0 Å². The molecule has 0 saturated carbocycles. The number of benzene rings is 1. The van der Waals surface area contributed by atoms with Crippen molar-refractivity contribution in [3.8, 4) is 0 Å². The summed E-state index contributed by atoms with van der Waals surface area (Å²) >= 11 is 0. The summed E-state index contributed by atoms with van der Waals surface area (Å²) in [6.07, 6.45) is 0.779. The molecule has 0 radical (unpaired) electrons. The average Bonchev–Trinajstić information content (AvgIpc) is 2.81. The van der Waals surface area contributed by atoms with Crippen LogP contribution in [-0.2, 0) is 12.0 Å². The first-order valence-electron chi connectivity index (χ1n) is 7.31. The largest absolute Gasteiger partial charge is 0.296 e. The van der Waals surface area contributed by atoms with Gasteiger partial charge in [0.2, 0.25) is 0 Å². The summed E-state index contributed by atoms with van der Waals surface area (Å²) in [5.41, 5.74) is 3.95. The molecule has 0 atom stereocenters. The first kappa shape index (κ1) is 15.4. The maximum Gasteiger partial charge on any atom is 0.172 e. The molecule has 1 aromatic carbocycles. The third kappa shape index (κ3) is 3.38. The van der Waals surface area contributed by atoms with E-state index >= 15 is 0 Å². The molecule has 2 rings (SSSR count). The second-order valence-corrected chi connectivity index (χ2v) is 6.74.